The number of fused-ring (bicyclic) bond motifs is 1. The Morgan fingerprint density at radius 3 is 2.70 bits per heavy atom. The predicted octanol–water partition coefficient (Wildman–Crippen LogP) is 5.39. The fourth-order valence-electron chi connectivity index (χ4n) is 3.59. The lowest BCUT2D eigenvalue weighted by atomic mass is 10.0. The molecule has 2 N–H and O–H groups in total. The van der Waals surface area contributed by atoms with E-state index in [2.05, 4.69) is 33.5 Å². The summed E-state index contributed by atoms with van der Waals surface area (Å²) in [5.74, 6) is 1.95. The van der Waals surface area contributed by atoms with Crippen LogP contribution in [0.1, 0.15) is 31.7 Å². The topological polar surface area (TPSA) is 46.6 Å². The van der Waals surface area contributed by atoms with Gasteiger partial charge >= 0.3 is 0 Å². The van der Waals surface area contributed by atoms with Crippen LogP contribution in [0, 0.1) is 5.92 Å². The van der Waals surface area contributed by atoms with Crippen molar-refractivity contribution in [2.75, 3.05) is 18.0 Å². The van der Waals surface area contributed by atoms with Crippen molar-refractivity contribution in [2.24, 2.45) is 11.7 Å². The molecule has 0 aliphatic heterocycles. The molecule has 0 radical (unpaired) electrons. The molecule has 0 amide bonds. The maximum atomic E-state index is 6.49. The fourth-order valence-corrected chi connectivity index (χ4v) is 4.10. The molecule has 2 heterocycles. The van der Waals surface area contributed by atoms with Crippen LogP contribution in [-0.4, -0.2) is 22.5 Å². The number of pyridine rings is 1. The molecule has 0 saturated heterocycles. The van der Waals surface area contributed by atoms with Crippen molar-refractivity contribution in [2.45, 2.75) is 32.7 Å². The summed E-state index contributed by atoms with van der Waals surface area (Å²) in [5, 5.41) is 1.25. The second kappa shape index (κ2) is 7.70. The van der Waals surface area contributed by atoms with Gasteiger partial charge in [-0.15, -0.1) is 0 Å². The van der Waals surface area contributed by atoms with Gasteiger partial charge in [0.05, 0.1) is 6.20 Å². The molecule has 1 aliphatic carbocycles. The number of benzene rings is 1. The number of nitrogens with two attached hydrogens (primary N) is 1. The quantitative estimate of drug-likeness (QED) is 0.575. The zero-order chi connectivity index (χ0) is 19.0. The van der Waals surface area contributed by atoms with Gasteiger partial charge in [-0.1, -0.05) is 36.2 Å². The molecule has 0 atom stereocenters. The van der Waals surface area contributed by atoms with Crippen LogP contribution in [0.25, 0.3) is 16.8 Å². The second-order valence-corrected chi connectivity index (χ2v) is 8.12. The molecular formula is C21H24Cl2N4. The fraction of sp³-hybridized carbons (Fsp3) is 0.381. The molecule has 1 fully saturated rings. The normalized spacial score (nSPS) is 14.1. The lowest BCUT2D eigenvalue weighted by molar-refractivity contribution is 0.696. The summed E-state index contributed by atoms with van der Waals surface area (Å²) in [5.41, 5.74) is 9.92. The maximum absolute atomic E-state index is 6.49. The average Bonchev–Trinajstić information content (AvgIpc) is 3.37. The Morgan fingerprint density at radius 2 is 2.04 bits per heavy atom. The highest BCUT2D eigenvalue weighted by Crippen LogP contribution is 2.35. The van der Waals surface area contributed by atoms with Crippen LogP contribution in [0.5, 0.6) is 0 Å². The van der Waals surface area contributed by atoms with E-state index in [1.807, 2.05) is 18.3 Å². The summed E-state index contributed by atoms with van der Waals surface area (Å²) in [7, 11) is 0. The van der Waals surface area contributed by atoms with Crippen molar-refractivity contribution in [1.29, 1.82) is 0 Å². The van der Waals surface area contributed by atoms with Crippen LogP contribution < -0.4 is 10.6 Å². The summed E-state index contributed by atoms with van der Waals surface area (Å²) >= 11 is 12.6. The van der Waals surface area contributed by atoms with Gasteiger partial charge in [-0.2, -0.15) is 0 Å². The van der Waals surface area contributed by atoms with E-state index in [1.165, 1.54) is 12.8 Å². The van der Waals surface area contributed by atoms with Crippen molar-refractivity contribution >= 4 is 34.7 Å². The van der Waals surface area contributed by atoms with E-state index in [4.69, 9.17) is 28.9 Å². The summed E-state index contributed by atoms with van der Waals surface area (Å²) in [6.45, 7) is 4.76. The third-order valence-electron chi connectivity index (χ3n) is 5.15. The van der Waals surface area contributed by atoms with Crippen molar-refractivity contribution < 1.29 is 0 Å². The number of hydrogen-bond donors (Lipinski definition) is 1. The maximum Gasteiger partial charge on any atom is 0.138 e. The average molecular weight is 403 g/mol. The van der Waals surface area contributed by atoms with E-state index < -0.39 is 0 Å². The van der Waals surface area contributed by atoms with E-state index in [-0.39, 0.29) is 0 Å². The molecule has 0 unspecified atom stereocenters. The van der Waals surface area contributed by atoms with Crippen LogP contribution in [0.2, 0.25) is 10.0 Å². The molecule has 4 nitrogen and oxygen atoms in total. The summed E-state index contributed by atoms with van der Waals surface area (Å²) in [4.78, 5) is 7.09. The van der Waals surface area contributed by atoms with Gasteiger partial charge in [0.15, 0.2) is 0 Å². The van der Waals surface area contributed by atoms with Crippen LogP contribution in [0.15, 0.2) is 36.7 Å². The number of halogens is 2. The molecule has 142 valence electrons. The molecule has 2 aromatic heterocycles. The van der Waals surface area contributed by atoms with E-state index in [0.717, 1.165) is 53.6 Å². The van der Waals surface area contributed by atoms with Gasteiger partial charge in [0.2, 0.25) is 0 Å². The monoisotopic (exact) mass is 402 g/mol. The lowest BCUT2D eigenvalue weighted by Gasteiger charge is -2.24. The minimum absolute atomic E-state index is 0.424. The molecule has 3 aromatic rings. The largest absolute Gasteiger partial charge is 0.356 e. The number of hydrogen-bond acceptors (Lipinski definition) is 3. The SMILES string of the molecule is CCCN(CC1CC1)c1cnc2cc(CN)c(-c3ccc(Cl)cc3Cl)cn12. The molecule has 27 heavy (non-hydrogen) atoms. The third kappa shape index (κ3) is 3.79. The molecule has 1 aromatic carbocycles. The van der Waals surface area contributed by atoms with Gasteiger partial charge in [-0.05, 0) is 48.9 Å². The lowest BCUT2D eigenvalue weighted by Crippen LogP contribution is -2.27. The minimum Gasteiger partial charge on any atom is -0.356 e. The molecule has 4 rings (SSSR count). The number of imidazole rings is 1. The van der Waals surface area contributed by atoms with Gasteiger partial charge < -0.3 is 10.6 Å². The molecule has 0 bridgehead atoms. The Hall–Kier alpha value is -1.75. The number of aromatic nitrogens is 2. The van der Waals surface area contributed by atoms with Crippen LogP contribution in [0.4, 0.5) is 5.82 Å². The summed E-state index contributed by atoms with van der Waals surface area (Å²) in [6.07, 6.45) is 7.86. The van der Waals surface area contributed by atoms with Crippen molar-refractivity contribution in [3.05, 3.63) is 52.3 Å². The molecule has 1 saturated carbocycles. The van der Waals surface area contributed by atoms with E-state index in [0.29, 0.717) is 16.6 Å². The second-order valence-electron chi connectivity index (χ2n) is 7.27. The first kappa shape index (κ1) is 18.6. The first-order chi connectivity index (χ1) is 13.1. The van der Waals surface area contributed by atoms with Gasteiger partial charge in [-0.25, -0.2) is 4.98 Å². The highest BCUT2D eigenvalue weighted by atomic mass is 35.5. The zero-order valence-corrected chi connectivity index (χ0v) is 17.0. The highest BCUT2D eigenvalue weighted by Gasteiger charge is 2.25. The molecule has 6 heteroatoms. The van der Waals surface area contributed by atoms with E-state index in [1.54, 1.807) is 6.07 Å². The van der Waals surface area contributed by atoms with E-state index in [9.17, 15) is 0 Å². The summed E-state index contributed by atoms with van der Waals surface area (Å²) < 4.78 is 2.16. The highest BCUT2D eigenvalue weighted by molar-refractivity contribution is 6.36. The Bertz CT molecular complexity index is 962. The standard InChI is InChI=1S/C21H24Cl2N4/c1-2-7-26(12-14-3-4-14)21-11-25-20-8-15(10-24)18(13-27(20)21)17-6-5-16(22)9-19(17)23/h5-6,8-9,11,13-14H,2-4,7,10,12,24H2,1H3. The number of anilines is 1. The third-order valence-corrected chi connectivity index (χ3v) is 5.70. The zero-order valence-electron chi connectivity index (χ0n) is 15.5. The van der Waals surface area contributed by atoms with Crippen LogP contribution in [-0.2, 0) is 6.54 Å². The van der Waals surface area contributed by atoms with Gasteiger partial charge in [-0.3, -0.25) is 4.40 Å². The smallest absolute Gasteiger partial charge is 0.138 e. The van der Waals surface area contributed by atoms with E-state index >= 15 is 0 Å². The van der Waals surface area contributed by atoms with Gasteiger partial charge in [0.1, 0.15) is 11.5 Å². The van der Waals surface area contributed by atoms with Crippen molar-refractivity contribution in [3.63, 3.8) is 0 Å². The van der Waals surface area contributed by atoms with Crippen molar-refractivity contribution in [3.8, 4) is 11.1 Å². The molecular weight excluding hydrogens is 379 g/mol. The first-order valence-corrected chi connectivity index (χ1v) is 10.3. The van der Waals surface area contributed by atoms with Crippen molar-refractivity contribution in [1.82, 2.24) is 9.38 Å². The van der Waals surface area contributed by atoms with Crippen LogP contribution >= 0.6 is 23.2 Å². The number of rotatable bonds is 7. The Labute approximate surface area is 169 Å². The van der Waals surface area contributed by atoms with Gasteiger partial charge in [0, 0.05) is 47.0 Å². The van der Waals surface area contributed by atoms with Gasteiger partial charge in [0.25, 0.3) is 0 Å². The Balaban J connectivity index is 1.83. The number of nitrogens with zero attached hydrogens (tertiary/aromatic N) is 3. The summed E-state index contributed by atoms with van der Waals surface area (Å²) in [6, 6.07) is 7.65. The minimum atomic E-state index is 0.424. The predicted molar refractivity (Wildman–Crippen MR) is 114 cm³/mol. The molecule has 0 spiro atoms. The Kier molecular flexibility index (Phi) is 5.31. The Morgan fingerprint density at radius 1 is 1.22 bits per heavy atom. The molecule has 1 aliphatic rings. The van der Waals surface area contributed by atoms with Crippen LogP contribution in [0.3, 0.4) is 0 Å². The first-order valence-electron chi connectivity index (χ1n) is 9.51.